The van der Waals surface area contributed by atoms with Crippen LogP contribution < -0.4 is 4.90 Å². The average Bonchev–Trinajstić information content (AvgIpc) is 2.16. The Morgan fingerprint density at radius 3 is 2.14 bits per heavy atom. The monoisotopic (exact) mass is 191 g/mol. The van der Waals surface area contributed by atoms with Gasteiger partial charge in [-0.2, -0.15) is 0 Å². The van der Waals surface area contributed by atoms with E-state index in [1.54, 1.807) is 12.1 Å². The molecule has 0 atom stereocenters. The van der Waals surface area contributed by atoms with Crippen LogP contribution in [0.3, 0.4) is 0 Å². The molecule has 0 bridgehead atoms. The molecule has 1 aromatic rings. The largest absolute Gasteiger partial charge is 0.478 e. The molecule has 1 N–H and O–H groups in total. The molecule has 0 aliphatic rings. The van der Waals surface area contributed by atoms with Gasteiger partial charge in [0.2, 0.25) is 0 Å². The first-order valence-electron chi connectivity index (χ1n) is 4.22. The molecule has 0 radical (unpaired) electrons. The third-order valence-electron chi connectivity index (χ3n) is 1.99. The molecule has 74 valence electrons. The van der Waals surface area contributed by atoms with Crippen LogP contribution in [0.2, 0.25) is 0 Å². The van der Waals surface area contributed by atoms with E-state index >= 15 is 0 Å². The predicted octanol–water partition coefficient (Wildman–Crippen LogP) is 1.85. The maximum absolute atomic E-state index is 10.6. The molecule has 0 spiro atoms. The SMILES string of the molecule is C=C(C(=O)O)c1ccc(N(C)C)cc1. The van der Waals surface area contributed by atoms with Crippen LogP contribution in [0.1, 0.15) is 5.56 Å². The van der Waals surface area contributed by atoms with Gasteiger partial charge in [0.05, 0.1) is 5.57 Å². The van der Waals surface area contributed by atoms with Gasteiger partial charge in [0.15, 0.2) is 0 Å². The fourth-order valence-electron chi connectivity index (χ4n) is 1.08. The molecule has 14 heavy (non-hydrogen) atoms. The topological polar surface area (TPSA) is 40.5 Å². The first kappa shape index (κ1) is 10.3. The number of rotatable bonds is 3. The molecule has 0 amide bonds. The first-order valence-corrected chi connectivity index (χ1v) is 4.22. The van der Waals surface area contributed by atoms with Gasteiger partial charge in [-0.25, -0.2) is 4.79 Å². The summed E-state index contributed by atoms with van der Waals surface area (Å²) in [5, 5.41) is 8.70. The molecule has 0 aliphatic carbocycles. The number of nitrogens with zero attached hydrogens (tertiary/aromatic N) is 1. The third kappa shape index (κ3) is 2.13. The minimum absolute atomic E-state index is 0.121. The van der Waals surface area contributed by atoms with Crippen LogP contribution in [0.25, 0.3) is 5.57 Å². The summed E-state index contributed by atoms with van der Waals surface area (Å²) in [6, 6.07) is 7.24. The molecule has 0 aromatic heterocycles. The fourth-order valence-corrected chi connectivity index (χ4v) is 1.08. The second kappa shape index (κ2) is 3.96. The maximum Gasteiger partial charge on any atom is 0.335 e. The second-order valence-corrected chi connectivity index (χ2v) is 3.23. The lowest BCUT2D eigenvalue weighted by molar-refractivity contribution is -0.130. The number of hydrogen-bond donors (Lipinski definition) is 1. The number of carboxylic acid groups (broad SMARTS) is 1. The fraction of sp³-hybridized carbons (Fsp3) is 0.182. The lowest BCUT2D eigenvalue weighted by Crippen LogP contribution is -2.08. The van der Waals surface area contributed by atoms with E-state index < -0.39 is 5.97 Å². The normalized spacial score (nSPS) is 9.57. The summed E-state index contributed by atoms with van der Waals surface area (Å²) in [5.41, 5.74) is 1.80. The lowest BCUT2D eigenvalue weighted by Gasteiger charge is -2.12. The molecule has 0 heterocycles. The van der Waals surface area contributed by atoms with Crippen molar-refractivity contribution in [2.24, 2.45) is 0 Å². The number of benzene rings is 1. The van der Waals surface area contributed by atoms with Crippen molar-refractivity contribution in [3.05, 3.63) is 36.4 Å². The van der Waals surface area contributed by atoms with Gasteiger partial charge >= 0.3 is 5.97 Å². The van der Waals surface area contributed by atoms with Gasteiger partial charge < -0.3 is 10.0 Å². The first-order chi connectivity index (χ1) is 6.52. The molecular weight excluding hydrogens is 178 g/mol. The van der Waals surface area contributed by atoms with E-state index in [0.717, 1.165) is 5.69 Å². The van der Waals surface area contributed by atoms with E-state index in [-0.39, 0.29) is 5.57 Å². The van der Waals surface area contributed by atoms with Crippen LogP contribution >= 0.6 is 0 Å². The quantitative estimate of drug-likeness (QED) is 0.741. The smallest absolute Gasteiger partial charge is 0.335 e. The van der Waals surface area contributed by atoms with Gasteiger partial charge in [-0.05, 0) is 17.7 Å². The minimum Gasteiger partial charge on any atom is -0.478 e. The summed E-state index contributed by atoms with van der Waals surface area (Å²) in [4.78, 5) is 12.6. The zero-order valence-electron chi connectivity index (χ0n) is 8.32. The van der Waals surface area contributed by atoms with Gasteiger partial charge in [0, 0.05) is 19.8 Å². The summed E-state index contributed by atoms with van der Waals surface area (Å²) < 4.78 is 0. The van der Waals surface area contributed by atoms with Crippen LogP contribution in [0.4, 0.5) is 5.69 Å². The molecule has 0 saturated carbocycles. The summed E-state index contributed by atoms with van der Waals surface area (Å²) in [6.45, 7) is 3.49. The lowest BCUT2D eigenvalue weighted by atomic mass is 10.1. The molecule has 1 rings (SSSR count). The third-order valence-corrected chi connectivity index (χ3v) is 1.99. The van der Waals surface area contributed by atoms with Gasteiger partial charge in [-0.3, -0.25) is 0 Å². The minimum atomic E-state index is -0.984. The van der Waals surface area contributed by atoms with Gasteiger partial charge in [-0.1, -0.05) is 18.7 Å². The number of carboxylic acids is 1. The van der Waals surface area contributed by atoms with Crippen molar-refractivity contribution < 1.29 is 9.90 Å². The van der Waals surface area contributed by atoms with Crippen molar-refractivity contribution >= 4 is 17.2 Å². The Bertz CT molecular complexity index is 352. The second-order valence-electron chi connectivity index (χ2n) is 3.23. The highest BCUT2D eigenvalue weighted by Crippen LogP contribution is 2.17. The highest BCUT2D eigenvalue weighted by Gasteiger charge is 2.06. The molecule has 0 saturated heterocycles. The number of carbonyl (C=O) groups is 1. The van der Waals surface area contributed by atoms with Crippen LogP contribution in [0.5, 0.6) is 0 Å². The van der Waals surface area contributed by atoms with Crippen molar-refractivity contribution in [2.45, 2.75) is 0 Å². The summed E-state index contributed by atoms with van der Waals surface area (Å²) >= 11 is 0. The Labute approximate surface area is 83.3 Å². The van der Waals surface area contributed by atoms with Crippen LogP contribution in [0, 0.1) is 0 Å². The Kier molecular flexibility index (Phi) is 2.92. The van der Waals surface area contributed by atoms with E-state index in [0.29, 0.717) is 5.56 Å². The molecular formula is C11H13NO2. The Morgan fingerprint density at radius 2 is 1.79 bits per heavy atom. The predicted molar refractivity (Wildman–Crippen MR) is 57.4 cm³/mol. The average molecular weight is 191 g/mol. The van der Waals surface area contributed by atoms with E-state index in [1.807, 2.05) is 31.1 Å². The zero-order valence-corrected chi connectivity index (χ0v) is 8.32. The van der Waals surface area contributed by atoms with Crippen molar-refractivity contribution in [3.63, 3.8) is 0 Å². The van der Waals surface area contributed by atoms with Crippen molar-refractivity contribution in [3.8, 4) is 0 Å². The van der Waals surface area contributed by atoms with E-state index in [9.17, 15) is 4.79 Å². The molecule has 3 heteroatoms. The van der Waals surface area contributed by atoms with Crippen molar-refractivity contribution in [1.29, 1.82) is 0 Å². The van der Waals surface area contributed by atoms with Gasteiger partial charge in [0.1, 0.15) is 0 Å². The Hall–Kier alpha value is -1.77. The summed E-state index contributed by atoms with van der Waals surface area (Å²) in [7, 11) is 3.86. The standard InChI is InChI=1S/C11H13NO2/c1-8(11(13)14)9-4-6-10(7-5-9)12(2)3/h4-7H,1H2,2-3H3,(H,13,14). The van der Waals surface area contributed by atoms with Crippen LogP contribution in [0.15, 0.2) is 30.8 Å². The van der Waals surface area contributed by atoms with Crippen LogP contribution in [-0.2, 0) is 4.79 Å². The number of hydrogen-bond acceptors (Lipinski definition) is 2. The molecule has 0 unspecified atom stereocenters. The van der Waals surface area contributed by atoms with Gasteiger partial charge in [-0.15, -0.1) is 0 Å². The number of aliphatic carboxylic acids is 1. The Morgan fingerprint density at radius 1 is 1.29 bits per heavy atom. The summed E-state index contributed by atoms with van der Waals surface area (Å²) in [5.74, 6) is -0.984. The van der Waals surface area contributed by atoms with Gasteiger partial charge in [0.25, 0.3) is 0 Å². The highest BCUT2D eigenvalue weighted by molar-refractivity contribution is 6.14. The van der Waals surface area contributed by atoms with E-state index in [2.05, 4.69) is 6.58 Å². The molecule has 3 nitrogen and oxygen atoms in total. The number of anilines is 1. The zero-order chi connectivity index (χ0) is 10.7. The highest BCUT2D eigenvalue weighted by atomic mass is 16.4. The maximum atomic E-state index is 10.6. The van der Waals surface area contributed by atoms with Crippen molar-refractivity contribution in [2.75, 3.05) is 19.0 Å². The molecule has 1 aromatic carbocycles. The molecule has 0 fully saturated rings. The van der Waals surface area contributed by atoms with E-state index in [1.165, 1.54) is 0 Å². The Balaban J connectivity index is 2.94. The van der Waals surface area contributed by atoms with Crippen LogP contribution in [-0.4, -0.2) is 25.2 Å². The summed E-state index contributed by atoms with van der Waals surface area (Å²) in [6.07, 6.45) is 0. The van der Waals surface area contributed by atoms with Crippen molar-refractivity contribution in [1.82, 2.24) is 0 Å². The molecule has 0 aliphatic heterocycles. The van der Waals surface area contributed by atoms with E-state index in [4.69, 9.17) is 5.11 Å².